The predicted molar refractivity (Wildman–Crippen MR) is 132 cm³/mol. The maximum Gasteiger partial charge on any atom is 0.295 e. The molecular weight excluding hydrogens is 442 g/mol. The van der Waals surface area contributed by atoms with E-state index in [0.29, 0.717) is 24.1 Å². The first kappa shape index (κ1) is 22.6. The van der Waals surface area contributed by atoms with E-state index in [-0.39, 0.29) is 11.3 Å². The lowest BCUT2D eigenvalue weighted by Gasteiger charge is -2.25. The number of carbonyl (C=O) groups is 2. The Kier molecular flexibility index (Phi) is 5.93. The molecule has 4 aromatic rings. The summed E-state index contributed by atoms with van der Waals surface area (Å²) in [7, 11) is 0. The topological polar surface area (TPSA) is 107 Å². The molecule has 5 rings (SSSR count). The number of aromatic amines is 1. The molecule has 2 aromatic carbocycles. The van der Waals surface area contributed by atoms with Gasteiger partial charge in [-0.2, -0.15) is 0 Å². The first-order valence-electron chi connectivity index (χ1n) is 11.5. The molecule has 1 fully saturated rings. The molecule has 1 amide bonds. The van der Waals surface area contributed by atoms with Crippen molar-refractivity contribution in [1.29, 1.82) is 0 Å². The first-order chi connectivity index (χ1) is 17.0. The first-order valence-corrected chi connectivity index (χ1v) is 11.5. The standard InChI is InChI=1S/C28H25N3O4/c1-17(32)18-8-10-19(11-9-18)25-24(26(33)21-5-4-13-29-15-21)27(34)28(35)31(25)14-12-20-16-30-23-7-3-2-6-22(20)23/h2-11,13,15-17,25,30,32-33H,12,14H2,1H3. The van der Waals surface area contributed by atoms with Crippen molar-refractivity contribution >= 4 is 28.4 Å². The molecule has 3 heterocycles. The van der Waals surface area contributed by atoms with Crippen LogP contribution < -0.4 is 0 Å². The number of H-pyrrole nitrogens is 1. The van der Waals surface area contributed by atoms with Crippen LogP contribution in [0.2, 0.25) is 0 Å². The van der Waals surface area contributed by atoms with Crippen LogP contribution in [-0.4, -0.2) is 43.3 Å². The number of fused-ring (bicyclic) bond motifs is 1. The number of carbonyl (C=O) groups excluding carboxylic acids is 2. The number of aliphatic hydroxyl groups excluding tert-OH is 2. The number of hydrogen-bond donors (Lipinski definition) is 3. The van der Waals surface area contributed by atoms with Crippen LogP contribution in [-0.2, 0) is 16.0 Å². The van der Waals surface area contributed by atoms with Crippen molar-refractivity contribution in [3.05, 3.63) is 107 Å². The van der Waals surface area contributed by atoms with Crippen LogP contribution in [0.1, 0.15) is 41.3 Å². The average molecular weight is 468 g/mol. The monoisotopic (exact) mass is 467 g/mol. The summed E-state index contributed by atoms with van der Waals surface area (Å²) in [6, 6.07) is 17.6. The highest BCUT2D eigenvalue weighted by Gasteiger charge is 2.45. The number of likely N-dealkylation sites (tertiary alicyclic amines) is 1. The average Bonchev–Trinajstić information content (AvgIpc) is 3.41. The van der Waals surface area contributed by atoms with Crippen LogP contribution in [0, 0.1) is 0 Å². The number of Topliss-reactive ketones (excluding diaryl/α,β-unsaturated/α-hetero) is 1. The summed E-state index contributed by atoms with van der Waals surface area (Å²) >= 11 is 0. The highest BCUT2D eigenvalue weighted by atomic mass is 16.3. The van der Waals surface area contributed by atoms with Crippen molar-refractivity contribution in [2.24, 2.45) is 0 Å². The third kappa shape index (κ3) is 4.11. The number of pyridine rings is 1. The Morgan fingerprint density at radius 3 is 2.57 bits per heavy atom. The summed E-state index contributed by atoms with van der Waals surface area (Å²) < 4.78 is 0. The van der Waals surface area contributed by atoms with Gasteiger partial charge in [-0.15, -0.1) is 0 Å². The Labute approximate surface area is 202 Å². The Bertz CT molecular complexity index is 1420. The molecule has 1 aliphatic rings. The van der Waals surface area contributed by atoms with Crippen LogP contribution >= 0.6 is 0 Å². The molecule has 1 aliphatic heterocycles. The van der Waals surface area contributed by atoms with Gasteiger partial charge in [0.1, 0.15) is 5.76 Å². The molecule has 0 spiro atoms. The minimum atomic E-state index is -0.761. The summed E-state index contributed by atoms with van der Waals surface area (Å²) in [6.07, 6.45) is 4.84. The van der Waals surface area contributed by atoms with Gasteiger partial charge in [-0.25, -0.2) is 0 Å². The molecule has 7 nitrogen and oxygen atoms in total. The highest BCUT2D eigenvalue weighted by molar-refractivity contribution is 6.46. The molecule has 0 saturated carbocycles. The molecule has 3 N–H and O–H groups in total. The van der Waals surface area contributed by atoms with Gasteiger partial charge >= 0.3 is 0 Å². The summed E-state index contributed by atoms with van der Waals surface area (Å²) in [5.74, 6) is -1.63. The maximum atomic E-state index is 13.2. The number of ketones is 1. The van der Waals surface area contributed by atoms with Gasteiger partial charge in [0.15, 0.2) is 0 Å². The van der Waals surface area contributed by atoms with Gasteiger partial charge in [0.2, 0.25) is 0 Å². The van der Waals surface area contributed by atoms with Gasteiger partial charge in [-0.1, -0.05) is 42.5 Å². The molecule has 0 radical (unpaired) electrons. The Balaban J connectivity index is 1.56. The molecule has 35 heavy (non-hydrogen) atoms. The van der Waals surface area contributed by atoms with E-state index in [2.05, 4.69) is 9.97 Å². The van der Waals surface area contributed by atoms with E-state index in [1.54, 1.807) is 49.5 Å². The second-order valence-corrected chi connectivity index (χ2v) is 8.69. The second-order valence-electron chi connectivity index (χ2n) is 8.69. The van der Waals surface area contributed by atoms with Gasteiger partial charge in [-0.3, -0.25) is 14.6 Å². The van der Waals surface area contributed by atoms with Crippen LogP contribution in [0.5, 0.6) is 0 Å². The quantitative estimate of drug-likeness (QED) is 0.223. The minimum absolute atomic E-state index is 0.0340. The number of nitrogens with one attached hydrogen (secondary N) is 1. The van der Waals surface area contributed by atoms with Crippen LogP contribution in [0.4, 0.5) is 0 Å². The van der Waals surface area contributed by atoms with Gasteiger partial charge in [0, 0.05) is 41.6 Å². The van der Waals surface area contributed by atoms with E-state index in [4.69, 9.17) is 0 Å². The molecule has 7 heteroatoms. The third-order valence-electron chi connectivity index (χ3n) is 6.51. The summed E-state index contributed by atoms with van der Waals surface area (Å²) in [5.41, 5.74) is 3.85. The van der Waals surface area contributed by atoms with Crippen molar-refractivity contribution in [1.82, 2.24) is 14.9 Å². The van der Waals surface area contributed by atoms with Crippen LogP contribution in [0.3, 0.4) is 0 Å². The van der Waals surface area contributed by atoms with Crippen molar-refractivity contribution < 1.29 is 19.8 Å². The van der Waals surface area contributed by atoms with Crippen molar-refractivity contribution in [2.45, 2.75) is 25.5 Å². The predicted octanol–water partition coefficient (Wildman–Crippen LogP) is 4.28. The lowest BCUT2D eigenvalue weighted by molar-refractivity contribution is -0.139. The van der Waals surface area contributed by atoms with Crippen molar-refractivity contribution in [2.75, 3.05) is 6.54 Å². The van der Waals surface area contributed by atoms with Gasteiger partial charge in [0.25, 0.3) is 11.7 Å². The molecule has 1 saturated heterocycles. The van der Waals surface area contributed by atoms with E-state index in [1.807, 2.05) is 30.5 Å². The smallest absolute Gasteiger partial charge is 0.295 e. The molecule has 2 unspecified atom stereocenters. The Morgan fingerprint density at radius 1 is 1.09 bits per heavy atom. The van der Waals surface area contributed by atoms with Gasteiger partial charge in [-0.05, 0) is 48.2 Å². The van der Waals surface area contributed by atoms with Crippen molar-refractivity contribution in [3.63, 3.8) is 0 Å². The zero-order chi connectivity index (χ0) is 24.5. The molecule has 2 aromatic heterocycles. The fourth-order valence-electron chi connectivity index (χ4n) is 4.65. The minimum Gasteiger partial charge on any atom is -0.507 e. The maximum absolute atomic E-state index is 13.2. The van der Waals surface area contributed by atoms with E-state index in [9.17, 15) is 19.8 Å². The van der Waals surface area contributed by atoms with E-state index >= 15 is 0 Å². The molecular formula is C28H25N3O4. The Hall–Kier alpha value is -4.23. The number of rotatable bonds is 6. The normalized spacial score (nSPS) is 18.3. The van der Waals surface area contributed by atoms with Gasteiger partial charge < -0.3 is 20.1 Å². The molecule has 0 bridgehead atoms. The number of hydrogen-bond acceptors (Lipinski definition) is 5. The summed E-state index contributed by atoms with van der Waals surface area (Å²) in [6.45, 7) is 1.96. The van der Waals surface area contributed by atoms with E-state index < -0.39 is 23.8 Å². The third-order valence-corrected chi connectivity index (χ3v) is 6.51. The molecule has 2 atom stereocenters. The molecule has 176 valence electrons. The zero-order valence-corrected chi connectivity index (χ0v) is 19.2. The number of amides is 1. The second kappa shape index (κ2) is 9.19. The fourth-order valence-corrected chi connectivity index (χ4v) is 4.65. The molecule has 0 aliphatic carbocycles. The number of aliphatic hydroxyl groups is 2. The van der Waals surface area contributed by atoms with Crippen LogP contribution in [0.25, 0.3) is 16.7 Å². The highest BCUT2D eigenvalue weighted by Crippen LogP contribution is 2.39. The number of aromatic nitrogens is 2. The summed E-state index contributed by atoms with van der Waals surface area (Å²) in [4.78, 5) is 35.2. The van der Waals surface area contributed by atoms with Gasteiger partial charge in [0.05, 0.1) is 17.7 Å². The van der Waals surface area contributed by atoms with Crippen LogP contribution in [0.15, 0.2) is 84.8 Å². The summed E-state index contributed by atoms with van der Waals surface area (Å²) in [5, 5.41) is 22.1. The largest absolute Gasteiger partial charge is 0.507 e. The Morgan fingerprint density at radius 2 is 1.86 bits per heavy atom. The van der Waals surface area contributed by atoms with Crippen molar-refractivity contribution in [3.8, 4) is 0 Å². The number of para-hydroxylation sites is 1. The number of benzene rings is 2. The lowest BCUT2D eigenvalue weighted by atomic mass is 9.94. The fraction of sp³-hybridized carbons (Fsp3) is 0.179. The van der Waals surface area contributed by atoms with E-state index in [0.717, 1.165) is 22.0 Å². The SMILES string of the molecule is CC(O)c1ccc(C2C(=C(O)c3cccnc3)C(=O)C(=O)N2CCc2c[nH]c3ccccc23)cc1. The zero-order valence-electron chi connectivity index (χ0n) is 19.2. The lowest BCUT2D eigenvalue weighted by Crippen LogP contribution is -2.31. The van der Waals surface area contributed by atoms with E-state index in [1.165, 1.54) is 11.1 Å². The number of nitrogens with zero attached hydrogens (tertiary/aromatic N) is 2.